The van der Waals surface area contributed by atoms with Gasteiger partial charge in [-0.3, -0.25) is 4.79 Å². The van der Waals surface area contributed by atoms with E-state index >= 15 is 0 Å². The van der Waals surface area contributed by atoms with Crippen molar-refractivity contribution in [2.75, 3.05) is 13.1 Å². The van der Waals surface area contributed by atoms with Gasteiger partial charge in [0.1, 0.15) is 16.4 Å². The van der Waals surface area contributed by atoms with Crippen LogP contribution in [0, 0.1) is 13.8 Å². The number of likely N-dealkylation sites (tertiary alicyclic amines) is 1. The summed E-state index contributed by atoms with van der Waals surface area (Å²) in [6.07, 6.45) is 1.75. The van der Waals surface area contributed by atoms with Gasteiger partial charge >= 0.3 is 0 Å². The SMILES string of the molecule is Cc1noc(C)c1S(=O)(=O)N[C@@H](C)C(=O)N1CCCC(c2nc3ccccc3[nH]2)C1. The van der Waals surface area contributed by atoms with E-state index < -0.39 is 16.1 Å². The lowest BCUT2D eigenvalue weighted by molar-refractivity contribution is -0.133. The number of carbonyl (C=O) groups excluding carboxylic acids is 1. The summed E-state index contributed by atoms with van der Waals surface area (Å²) < 4.78 is 32.9. The first-order valence-electron chi connectivity index (χ1n) is 9.95. The normalized spacial score (nSPS) is 18.6. The van der Waals surface area contributed by atoms with Crippen LogP contribution in [0.1, 0.15) is 43.0 Å². The van der Waals surface area contributed by atoms with Gasteiger partial charge in [0.25, 0.3) is 0 Å². The lowest BCUT2D eigenvalue weighted by atomic mass is 9.97. The molecule has 10 heteroatoms. The van der Waals surface area contributed by atoms with Gasteiger partial charge in [-0.15, -0.1) is 0 Å². The first kappa shape index (κ1) is 20.5. The maximum atomic E-state index is 13.0. The maximum absolute atomic E-state index is 13.0. The number of hydrogen-bond donors (Lipinski definition) is 2. The molecule has 30 heavy (non-hydrogen) atoms. The Morgan fingerprint density at radius 1 is 1.33 bits per heavy atom. The second-order valence-electron chi connectivity index (χ2n) is 7.76. The van der Waals surface area contributed by atoms with E-state index in [0.29, 0.717) is 13.1 Å². The molecule has 160 valence electrons. The zero-order valence-corrected chi connectivity index (χ0v) is 18.0. The number of hydrogen-bond acceptors (Lipinski definition) is 6. The Labute approximate surface area is 174 Å². The van der Waals surface area contributed by atoms with Crippen LogP contribution < -0.4 is 4.72 Å². The number of para-hydroxylation sites is 2. The number of sulfonamides is 1. The lowest BCUT2D eigenvalue weighted by Gasteiger charge is -2.33. The summed E-state index contributed by atoms with van der Waals surface area (Å²) in [4.78, 5) is 22.7. The molecule has 0 spiro atoms. The van der Waals surface area contributed by atoms with Gasteiger partial charge in [-0.1, -0.05) is 17.3 Å². The molecule has 3 heterocycles. The molecule has 9 nitrogen and oxygen atoms in total. The van der Waals surface area contributed by atoms with Crippen LogP contribution in [-0.4, -0.2) is 53.5 Å². The molecule has 1 aliphatic heterocycles. The molecule has 0 aliphatic carbocycles. The van der Waals surface area contributed by atoms with Crippen LogP contribution in [0.5, 0.6) is 0 Å². The highest BCUT2D eigenvalue weighted by molar-refractivity contribution is 7.89. The van der Waals surface area contributed by atoms with Crippen molar-refractivity contribution < 1.29 is 17.7 Å². The average Bonchev–Trinajstić information content (AvgIpc) is 3.30. The molecule has 0 bridgehead atoms. The minimum absolute atomic E-state index is 0.0130. The molecular weight excluding hydrogens is 406 g/mol. The van der Waals surface area contributed by atoms with E-state index in [0.717, 1.165) is 29.7 Å². The van der Waals surface area contributed by atoms with Crippen molar-refractivity contribution in [2.24, 2.45) is 0 Å². The Hall–Kier alpha value is -2.72. The highest BCUT2D eigenvalue weighted by Crippen LogP contribution is 2.27. The predicted octanol–water partition coefficient (Wildman–Crippen LogP) is 2.24. The monoisotopic (exact) mass is 431 g/mol. The molecule has 1 aromatic carbocycles. The Morgan fingerprint density at radius 2 is 2.10 bits per heavy atom. The van der Waals surface area contributed by atoms with Gasteiger partial charge in [0.15, 0.2) is 5.76 Å². The number of fused-ring (bicyclic) bond motifs is 1. The summed E-state index contributed by atoms with van der Waals surface area (Å²) in [5.41, 5.74) is 2.13. The van der Waals surface area contributed by atoms with Crippen molar-refractivity contribution in [2.45, 2.75) is 50.5 Å². The van der Waals surface area contributed by atoms with Crippen molar-refractivity contribution in [3.05, 3.63) is 41.5 Å². The fraction of sp³-hybridized carbons (Fsp3) is 0.450. The summed E-state index contributed by atoms with van der Waals surface area (Å²) >= 11 is 0. The Balaban J connectivity index is 1.47. The molecular formula is C20H25N5O4S. The van der Waals surface area contributed by atoms with E-state index in [1.54, 1.807) is 18.7 Å². The van der Waals surface area contributed by atoms with E-state index in [4.69, 9.17) is 4.52 Å². The predicted molar refractivity (Wildman–Crippen MR) is 110 cm³/mol. The first-order valence-corrected chi connectivity index (χ1v) is 11.4. The molecule has 1 amide bonds. The second-order valence-corrected chi connectivity index (χ2v) is 9.41. The molecule has 2 atom stereocenters. The largest absolute Gasteiger partial charge is 0.360 e. The number of carbonyl (C=O) groups is 1. The standard InChI is InChI=1S/C20H25N5O4S/c1-12-18(14(3)29-23-12)30(27,28)24-13(2)20(26)25-10-6-7-15(11-25)19-21-16-8-4-5-9-17(16)22-19/h4-5,8-9,13,15,24H,6-7,10-11H2,1-3H3,(H,21,22)/t13-,15?/m0/s1. The molecule has 1 saturated heterocycles. The molecule has 2 N–H and O–H groups in total. The fourth-order valence-corrected chi connectivity index (χ4v) is 5.57. The Morgan fingerprint density at radius 3 is 2.80 bits per heavy atom. The second kappa shape index (κ2) is 7.84. The van der Waals surface area contributed by atoms with E-state index in [-0.39, 0.29) is 28.2 Å². The van der Waals surface area contributed by atoms with Crippen molar-refractivity contribution in [1.29, 1.82) is 0 Å². The molecule has 4 rings (SSSR count). The number of nitrogens with zero attached hydrogens (tertiary/aromatic N) is 3. The zero-order valence-electron chi connectivity index (χ0n) is 17.2. The Bertz CT molecular complexity index is 1130. The quantitative estimate of drug-likeness (QED) is 0.639. The summed E-state index contributed by atoms with van der Waals surface area (Å²) in [5.74, 6) is 0.882. The smallest absolute Gasteiger partial charge is 0.246 e. The van der Waals surface area contributed by atoms with Crippen molar-refractivity contribution in [3.63, 3.8) is 0 Å². The topological polar surface area (TPSA) is 121 Å². The number of aromatic nitrogens is 3. The minimum Gasteiger partial charge on any atom is -0.360 e. The number of benzene rings is 1. The van der Waals surface area contributed by atoms with Crippen molar-refractivity contribution >= 4 is 27.0 Å². The fourth-order valence-electron chi connectivity index (χ4n) is 4.04. The number of aryl methyl sites for hydroxylation is 2. The van der Waals surface area contributed by atoms with Gasteiger partial charge in [-0.05, 0) is 45.7 Å². The third-order valence-electron chi connectivity index (χ3n) is 5.47. The van der Waals surface area contributed by atoms with Crippen LogP contribution in [0.2, 0.25) is 0 Å². The Kier molecular flexibility index (Phi) is 5.37. The number of rotatable bonds is 5. The number of aromatic amines is 1. The molecule has 1 aliphatic rings. The van der Waals surface area contributed by atoms with Gasteiger partial charge < -0.3 is 14.4 Å². The number of amides is 1. The molecule has 1 unspecified atom stereocenters. The maximum Gasteiger partial charge on any atom is 0.246 e. The molecule has 0 saturated carbocycles. The molecule has 2 aromatic heterocycles. The van der Waals surface area contributed by atoms with E-state index in [1.165, 1.54) is 6.92 Å². The van der Waals surface area contributed by atoms with Gasteiger partial charge in [0.2, 0.25) is 15.9 Å². The molecule has 1 fully saturated rings. The number of imidazole rings is 1. The lowest BCUT2D eigenvalue weighted by Crippen LogP contribution is -2.49. The van der Waals surface area contributed by atoms with Crippen LogP contribution in [0.3, 0.4) is 0 Å². The number of nitrogens with one attached hydrogen (secondary N) is 2. The summed E-state index contributed by atoms with van der Waals surface area (Å²) in [6, 6.07) is 6.91. The van der Waals surface area contributed by atoms with Gasteiger partial charge in [-0.25, -0.2) is 13.4 Å². The van der Waals surface area contributed by atoms with Crippen molar-refractivity contribution in [1.82, 2.24) is 24.7 Å². The summed E-state index contributed by atoms with van der Waals surface area (Å²) in [7, 11) is -3.92. The van der Waals surface area contributed by atoms with E-state index in [2.05, 4.69) is 19.8 Å². The number of H-pyrrole nitrogens is 1. The summed E-state index contributed by atoms with van der Waals surface area (Å²) in [6.45, 7) is 5.73. The zero-order chi connectivity index (χ0) is 21.5. The van der Waals surface area contributed by atoms with Gasteiger partial charge in [-0.2, -0.15) is 4.72 Å². The number of piperidine rings is 1. The highest BCUT2D eigenvalue weighted by atomic mass is 32.2. The van der Waals surface area contributed by atoms with Crippen LogP contribution >= 0.6 is 0 Å². The highest BCUT2D eigenvalue weighted by Gasteiger charge is 2.33. The van der Waals surface area contributed by atoms with E-state index in [9.17, 15) is 13.2 Å². The summed E-state index contributed by atoms with van der Waals surface area (Å²) in [5, 5.41) is 3.69. The van der Waals surface area contributed by atoms with Crippen LogP contribution in [-0.2, 0) is 14.8 Å². The first-order chi connectivity index (χ1) is 14.3. The van der Waals surface area contributed by atoms with Gasteiger partial charge in [0.05, 0.1) is 17.1 Å². The van der Waals surface area contributed by atoms with Gasteiger partial charge in [0, 0.05) is 19.0 Å². The third kappa shape index (κ3) is 3.84. The van der Waals surface area contributed by atoms with Crippen LogP contribution in [0.15, 0.2) is 33.7 Å². The third-order valence-corrected chi connectivity index (χ3v) is 7.25. The van der Waals surface area contributed by atoms with Crippen LogP contribution in [0.4, 0.5) is 0 Å². The van der Waals surface area contributed by atoms with Crippen LogP contribution in [0.25, 0.3) is 11.0 Å². The molecule has 0 radical (unpaired) electrons. The van der Waals surface area contributed by atoms with Crippen molar-refractivity contribution in [3.8, 4) is 0 Å². The average molecular weight is 432 g/mol. The minimum atomic E-state index is -3.92. The van der Waals surface area contributed by atoms with E-state index in [1.807, 2.05) is 24.3 Å². The molecule has 3 aromatic rings.